The summed E-state index contributed by atoms with van der Waals surface area (Å²) in [6.07, 6.45) is 2.03. The van der Waals surface area contributed by atoms with E-state index in [0.29, 0.717) is 0 Å². The molecule has 3 heteroatoms. The molecule has 1 N–H and O–H groups in total. The van der Waals surface area contributed by atoms with E-state index < -0.39 is 0 Å². The Morgan fingerprint density at radius 1 is 1.10 bits per heavy atom. The van der Waals surface area contributed by atoms with E-state index in [-0.39, 0.29) is 11.8 Å². The third-order valence-electron chi connectivity index (χ3n) is 2.95. The van der Waals surface area contributed by atoms with Crippen LogP contribution in [0.15, 0.2) is 53.4 Å². The molecule has 0 saturated heterocycles. The summed E-state index contributed by atoms with van der Waals surface area (Å²) < 4.78 is 0. The van der Waals surface area contributed by atoms with Crippen LogP contribution in [0.3, 0.4) is 0 Å². The summed E-state index contributed by atoms with van der Waals surface area (Å²) in [5, 5.41) is 3.36. The number of ketones is 1. The SMILES string of the molecule is CSc1ccc(C(=O)c2ccccc2)c(NC(C)C)c1. The molecule has 0 amide bonds. The highest BCUT2D eigenvalue weighted by Crippen LogP contribution is 2.26. The highest BCUT2D eigenvalue weighted by atomic mass is 32.2. The van der Waals surface area contributed by atoms with Crippen LogP contribution in [0.1, 0.15) is 29.8 Å². The Labute approximate surface area is 124 Å². The second-order valence-corrected chi connectivity index (χ2v) is 5.79. The van der Waals surface area contributed by atoms with Crippen molar-refractivity contribution in [3.8, 4) is 0 Å². The maximum Gasteiger partial charge on any atom is 0.195 e. The van der Waals surface area contributed by atoms with Crippen molar-refractivity contribution in [2.24, 2.45) is 0 Å². The Kier molecular flexibility index (Phi) is 4.85. The Bertz CT molecular complexity index is 593. The van der Waals surface area contributed by atoms with Crippen molar-refractivity contribution in [2.45, 2.75) is 24.8 Å². The Hall–Kier alpha value is -1.74. The fourth-order valence-corrected chi connectivity index (χ4v) is 2.46. The molecule has 0 aliphatic heterocycles. The summed E-state index contributed by atoms with van der Waals surface area (Å²) in [7, 11) is 0. The van der Waals surface area contributed by atoms with Crippen LogP contribution in [0.25, 0.3) is 0 Å². The maximum atomic E-state index is 12.6. The second kappa shape index (κ2) is 6.62. The van der Waals surface area contributed by atoms with Crippen LogP contribution in [-0.4, -0.2) is 18.1 Å². The molecule has 0 radical (unpaired) electrons. The first-order valence-corrected chi connectivity index (χ1v) is 7.88. The van der Waals surface area contributed by atoms with Gasteiger partial charge in [-0.3, -0.25) is 4.79 Å². The van der Waals surface area contributed by atoms with Crippen molar-refractivity contribution >= 4 is 23.2 Å². The summed E-state index contributed by atoms with van der Waals surface area (Å²) >= 11 is 1.67. The van der Waals surface area contributed by atoms with Gasteiger partial charge in [0, 0.05) is 27.8 Å². The third kappa shape index (κ3) is 3.42. The van der Waals surface area contributed by atoms with Gasteiger partial charge in [0.15, 0.2) is 5.78 Å². The van der Waals surface area contributed by atoms with Gasteiger partial charge in [0.2, 0.25) is 0 Å². The van der Waals surface area contributed by atoms with Crippen LogP contribution < -0.4 is 5.32 Å². The van der Waals surface area contributed by atoms with E-state index in [4.69, 9.17) is 0 Å². The molecule has 0 spiro atoms. The summed E-state index contributed by atoms with van der Waals surface area (Å²) in [6, 6.07) is 15.6. The average Bonchev–Trinajstić information content (AvgIpc) is 2.46. The van der Waals surface area contributed by atoms with Crippen molar-refractivity contribution < 1.29 is 4.79 Å². The molecule has 0 fully saturated rings. The first-order chi connectivity index (χ1) is 9.61. The quantitative estimate of drug-likeness (QED) is 0.649. The summed E-state index contributed by atoms with van der Waals surface area (Å²) in [5.41, 5.74) is 2.35. The average molecular weight is 285 g/mol. The molecule has 0 heterocycles. The van der Waals surface area contributed by atoms with Crippen LogP contribution in [0.2, 0.25) is 0 Å². The molecular weight excluding hydrogens is 266 g/mol. The van der Waals surface area contributed by atoms with Crippen LogP contribution in [0.5, 0.6) is 0 Å². The van der Waals surface area contributed by atoms with Crippen molar-refractivity contribution in [1.82, 2.24) is 0 Å². The fraction of sp³-hybridized carbons (Fsp3) is 0.235. The zero-order valence-electron chi connectivity index (χ0n) is 12.0. The number of hydrogen-bond donors (Lipinski definition) is 1. The van der Waals surface area contributed by atoms with Crippen molar-refractivity contribution in [3.05, 3.63) is 59.7 Å². The minimum Gasteiger partial charge on any atom is -0.382 e. The van der Waals surface area contributed by atoms with E-state index in [2.05, 4.69) is 19.2 Å². The largest absolute Gasteiger partial charge is 0.382 e. The zero-order valence-corrected chi connectivity index (χ0v) is 12.8. The lowest BCUT2D eigenvalue weighted by Crippen LogP contribution is -2.14. The Balaban J connectivity index is 2.42. The van der Waals surface area contributed by atoms with Crippen molar-refractivity contribution in [3.63, 3.8) is 0 Å². The van der Waals surface area contributed by atoms with Gasteiger partial charge in [-0.05, 0) is 38.3 Å². The number of nitrogens with one attached hydrogen (secondary N) is 1. The van der Waals surface area contributed by atoms with Crippen molar-refractivity contribution in [2.75, 3.05) is 11.6 Å². The third-order valence-corrected chi connectivity index (χ3v) is 3.68. The summed E-state index contributed by atoms with van der Waals surface area (Å²) in [6.45, 7) is 4.14. The molecule has 2 rings (SSSR count). The molecular formula is C17H19NOS. The summed E-state index contributed by atoms with van der Waals surface area (Å²) in [4.78, 5) is 13.8. The molecule has 0 unspecified atom stereocenters. The lowest BCUT2D eigenvalue weighted by atomic mass is 10.0. The van der Waals surface area contributed by atoms with E-state index in [0.717, 1.165) is 21.7 Å². The smallest absolute Gasteiger partial charge is 0.195 e. The topological polar surface area (TPSA) is 29.1 Å². The molecule has 0 aromatic heterocycles. The molecule has 0 atom stereocenters. The highest BCUT2D eigenvalue weighted by molar-refractivity contribution is 7.98. The lowest BCUT2D eigenvalue weighted by molar-refractivity contribution is 0.103. The molecule has 0 aliphatic rings. The Morgan fingerprint density at radius 2 is 1.80 bits per heavy atom. The first kappa shape index (κ1) is 14.7. The lowest BCUT2D eigenvalue weighted by Gasteiger charge is -2.15. The van der Waals surface area contributed by atoms with Crippen LogP contribution in [0, 0.1) is 0 Å². The minimum atomic E-state index is 0.0569. The number of thioether (sulfide) groups is 1. The fourth-order valence-electron chi connectivity index (χ4n) is 2.02. The van der Waals surface area contributed by atoms with Gasteiger partial charge in [0.05, 0.1) is 0 Å². The van der Waals surface area contributed by atoms with Gasteiger partial charge in [0.1, 0.15) is 0 Å². The first-order valence-electron chi connectivity index (χ1n) is 6.66. The zero-order chi connectivity index (χ0) is 14.5. The van der Waals surface area contributed by atoms with Gasteiger partial charge in [-0.2, -0.15) is 0 Å². The molecule has 0 bridgehead atoms. The molecule has 2 nitrogen and oxygen atoms in total. The number of anilines is 1. The molecule has 2 aromatic rings. The van der Waals surface area contributed by atoms with Crippen LogP contribution in [-0.2, 0) is 0 Å². The maximum absolute atomic E-state index is 12.6. The number of hydrogen-bond acceptors (Lipinski definition) is 3. The van der Waals surface area contributed by atoms with Gasteiger partial charge < -0.3 is 5.32 Å². The number of carbonyl (C=O) groups excluding carboxylic acids is 1. The van der Waals surface area contributed by atoms with E-state index in [9.17, 15) is 4.79 Å². The van der Waals surface area contributed by atoms with Crippen LogP contribution in [0.4, 0.5) is 5.69 Å². The standard InChI is InChI=1S/C17H19NOS/c1-12(2)18-16-11-14(20-3)9-10-15(16)17(19)13-7-5-4-6-8-13/h4-12,18H,1-3H3. The van der Waals surface area contributed by atoms with Gasteiger partial charge in [-0.25, -0.2) is 0 Å². The minimum absolute atomic E-state index is 0.0569. The molecule has 0 saturated carbocycles. The highest BCUT2D eigenvalue weighted by Gasteiger charge is 2.14. The molecule has 0 aliphatic carbocycles. The number of benzene rings is 2. The Morgan fingerprint density at radius 3 is 2.40 bits per heavy atom. The number of rotatable bonds is 5. The normalized spacial score (nSPS) is 10.6. The van der Waals surface area contributed by atoms with E-state index in [1.807, 2.05) is 54.8 Å². The van der Waals surface area contributed by atoms with E-state index in [1.165, 1.54) is 0 Å². The van der Waals surface area contributed by atoms with Gasteiger partial charge in [-0.15, -0.1) is 11.8 Å². The predicted molar refractivity (Wildman–Crippen MR) is 86.9 cm³/mol. The second-order valence-electron chi connectivity index (χ2n) is 4.91. The van der Waals surface area contributed by atoms with E-state index in [1.54, 1.807) is 11.8 Å². The van der Waals surface area contributed by atoms with Crippen LogP contribution >= 0.6 is 11.8 Å². The van der Waals surface area contributed by atoms with E-state index >= 15 is 0 Å². The number of carbonyl (C=O) groups is 1. The van der Waals surface area contributed by atoms with Gasteiger partial charge >= 0.3 is 0 Å². The molecule has 104 valence electrons. The predicted octanol–water partition coefficient (Wildman–Crippen LogP) is 4.46. The van der Waals surface area contributed by atoms with Gasteiger partial charge in [0.25, 0.3) is 0 Å². The molecule has 20 heavy (non-hydrogen) atoms. The molecule has 2 aromatic carbocycles. The van der Waals surface area contributed by atoms with Crippen molar-refractivity contribution in [1.29, 1.82) is 0 Å². The monoisotopic (exact) mass is 285 g/mol. The van der Waals surface area contributed by atoms with Gasteiger partial charge in [-0.1, -0.05) is 30.3 Å². The summed E-state index contributed by atoms with van der Waals surface area (Å²) in [5.74, 6) is 0.0569.